The first-order chi connectivity index (χ1) is 18.4. The van der Waals surface area contributed by atoms with E-state index in [9.17, 15) is 0 Å². The molecule has 1 aliphatic heterocycles. The number of hydrogen-bond donors (Lipinski definition) is 0. The van der Waals surface area contributed by atoms with Crippen molar-refractivity contribution in [1.82, 2.24) is 0 Å². The fourth-order valence-electron chi connectivity index (χ4n) is 5.62. The van der Waals surface area contributed by atoms with E-state index >= 15 is 0 Å². The van der Waals surface area contributed by atoms with Gasteiger partial charge in [-0.15, -0.1) is 0 Å². The number of hydrogen-bond acceptors (Lipinski definition) is 0. The first-order valence-electron chi connectivity index (χ1n) is 12.7. The molecule has 37 heavy (non-hydrogen) atoms. The van der Waals surface area contributed by atoms with Gasteiger partial charge in [0, 0.05) is 0 Å². The molecular formula is C36H25As. The summed E-state index contributed by atoms with van der Waals surface area (Å²) in [5.74, 6) is 0. The van der Waals surface area contributed by atoms with Gasteiger partial charge in [0.15, 0.2) is 0 Å². The van der Waals surface area contributed by atoms with E-state index in [1.165, 1.54) is 52.9 Å². The fraction of sp³-hybridized carbons (Fsp3) is 0. The van der Waals surface area contributed by atoms with E-state index in [1.807, 2.05) is 0 Å². The number of fused-ring (bicyclic) bond motifs is 2. The molecule has 6 aromatic rings. The van der Waals surface area contributed by atoms with Gasteiger partial charge in [-0.25, -0.2) is 0 Å². The molecular weight excluding hydrogens is 507 g/mol. The van der Waals surface area contributed by atoms with Crippen LogP contribution in [0.3, 0.4) is 0 Å². The Hall–Kier alpha value is -4.12. The van der Waals surface area contributed by atoms with Crippen LogP contribution in [0.5, 0.6) is 0 Å². The van der Waals surface area contributed by atoms with Crippen LogP contribution in [-0.4, -0.2) is 14.7 Å². The normalized spacial score (nSPS) is 14.4. The van der Waals surface area contributed by atoms with Crippen molar-refractivity contribution in [3.63, 3.8) is 0 Å². The predicted molar refractivity (Wildman–Crippen MR) is 161 cm³/mol. The summed E-state index contributed by atoms with van der Waals surface area (Å²) in [4.78, 5) is 0. The van der Waals surface area contributed by atoms with Gasteiger partial charge in [-0.1, -0.05) is 0 Å². The Morgan fingerprint density at radius 3 is 1.38 bits per heavy atom. The molecule has 0 aromatic heterocycles. The minimum atomic E-state index is -1.88. The van der Waals surface area contributed by atoms with Gasteiger partial charge in [0.05, 0.1) is 0 Å². The van der Waals surface area contributed by atoms with E-state index in [-0.39, 0.29) is 0 Å². The Balaban J connectivity index is 1.67. The van der Waals surface area contributed by atoms with Gasteiger partial charge in [0.1, 0.15) is 0 Å². The van der Waals surface area contributed by atoms with Crippen molar-refractivity contribution >= 4 is 44.6 Å². The van der Waals surface area contributed by atoms with E-state index in [4.69, 9.17) is 0 Å². The van der Waals surface area contributed by atoms with Crippen LogP contribution >= 0.6 is 0 Å². The molecule has 1 heterocycles. The first-order valence-corrected chi connectivity index (χ1v) is 15.5. The monoisotopic (exact) mass is 532 g/mol. The topological polar surface area (TPSA) is 0 Å². The molecule has 0 N–H and O–H groups in total. The molecule has 1 heteroatoms. The maximum absolute atomic E-state index is 2.53. The quantitative estimate of drug-likeness (QED) is 0.203. The third kappa shape index (κ3) is 3.77. The van der Waals surface area contributed by atoms with Gasteiger partial charge in [-0.05, 0) is 0 Å². The van der Waals surface area contributed by atoms with Crippen molar-refractivity contribution in [2.24, 2.45) is 0 Å². The predicted octanol–water partition coefficient (Wildman–Crippen LogP) is 7.88. The standard InChI is InChI=1S/C36H25As/c1-5-15-26(16-6-1)33-25-32-34(27-17-7-2-8-18-27)30-23-13-14-24-31(30)35(28-19-9-3-10-20-28)36(32)37(33)29-21-11-4-12-22-29/h1-25H. The summed E-state index contributed by atoms with van der Waals surface area (Å²) >= 11 is -1.88. The van der Waals surface area contributed by atoms with E-state index in [0.717, 1.165) is 0 Å². The SMILES string of the molecule is C1=C(c2ccccc2)[As](c2ccccc2)c2c1c(-c1ccccc1)c1ccccc1c2-c1ccccc1. The molecule has 0 saturated heterocycles. The molecule has 0 radical (unpaired) electrons. The second-order valence-corrected chi connectivity index (χ2v) is 13.8. The second-order valence-electron chi connectivity index (χ2n) is 9.36. The third-order valence-electron chi connectivity index (χ3n) is 7.18. The summed E-state index contributed by atoms with van der Waals surface area (Å²) in [6.07, 6.45) is 2.53. The first kappa shape index (κ1) is 22.1. The van der Waals surface area contributed by atoms with Crippen LogP contribution in [0.2, 0.25) is 0 Å². The van der Waals surface area contributed by atoms with Crippen LogP contribution in [0.25, 0.3) is 43.5 Å². The Kier molecular flexibility index (Phi) is 5.61. The Morgan fingerprint density at radius 1 is 0.378 bits per heavy atom. The molecule has 0 saturated carbocycles. The van der Waals surface area contributed by atoms with Crippen molar-refractivity contribution < 1.29 is 0 Å². The van der Waals surface area contributed by atoms with Gasteiger partial charge < -0.3 is 0 Å². The van der Waals surface area contributed by atoms with Gasteiger partial charge in [-0.3, -0.25) is 0 Å². The molecule has 0 fully saturated rings. The third-order valence-corrected chi connectivity index (χ3v) is 12.6. The molecule has 174 valence electrons. The molecule has 7 rings (SSSR count). The zero-order valence-corrected chi connectivity index (χ0v) is 22.3. The summed E-state index contributed by atoms with van der Waals surface area (Å²) in [6, 6.07) is 53.2. The molecule has 0 bridgehead atoms. The zero-order chi connectivity index (χ0) is 24.6. The van der Waals surface area contributed by atoms with E-state index in [0.29, 0.717) is 0 Å². The molecule has 6 aromatic carbocycles. The van der Waals surface area contributed by atoms with Crippen LogP contribution < -0.4 is 8.70 Å². The number of rotatable bonds is 4. The molecule has 0 spiro atoms. The Labute approximate surface area is 222 Å². The molecule has 1 atom stereocenters. The Morgan fingerprint density at radius 2 is 0.811 bits per heavy atom. The molecule has 0 amide bonds. The molecule has 1 aliphatic rings. The van der Waals surface area contributed by atoms with Gasteiger partial charge in [-0.2, -0.15) is 0 Å². The molecule has 0 aliphatic carbocycles. The van der Waals surface area contributed by atoms with Gasteiger partial charge in [0.2, 0.25) is 0 Å². The second kappa shape index (κ2) is 9.40. The van der Waals surface area contributed by atoms with Crippen molar-refractivity contribution in [2.75, 3.05) is 0 Å². The van der Waals surface area contributed by atoms with Crippen LogP contribution in [0.1, 0.15) is 11.1 Å². The van der Waals surface area contributed by atoms with Crippen molar-refractivity contribution in [3.05, 3.63) is 157 Å². The van der Waals surface area contributed by atoms with Crippen LogP contribution in [0.4, 0.5) is 0 Å². The zero-order valence-electron chi connectivity index (χ0n) is 20.4. The molecule has 1 unspecified atom stereocenters. The van der Waals surface area contributed by atoms with Crippen molar-refractivity contribution in [1.29, 1.82) is 0 Å². The van der Waals surface area contributed by atoms with Crippen LogP contribution in [0, 0.1) is 0 Å². The Bertz CT molecular complexity index is 1740. The fourth-order valence-corrected chi connectivity index (χ4v) is 11.5. The van der Waals surface area contributed by atoms with E-state index in [2.05, 4.69) is 152 Å². The van der Waals surface area contributed by atoms with E-state index in [1.54, 1.807) is 4.35 Å². The van der Waals surface area contributed by atoms with Crippen LogP contribution in [0.15, 0.2) is 146 Å². The summed E-state index contributed by atoms with van der Waals surface area (Å²) < 4.78 is 4.51. The number of benzene rings is 6. The summed E-state index contributed by atoms with van der Waals surface area (Å²) in [7, 11) is 0. The molecule has 0 nitrogen and oxygen atoms in total. The van der Waals surface area contributed by atoms with Crippen molar-refractivity contribution in [2.45, 2.75) is 0 Å². The summed E-state index contributed by atoms with van der Waals surface area (Å²) in [5, 5.41) is 2.66. The van der Waals surface area contributed by atoms with E-state index < -0.39 is 14.7 Å². The summed E-state index contributed by atoms with van der Waals surface area (Å²) in [5.41, 5.74) is 8.06. The average Bonchev–Trinajstić information content (AvgIpc) is 3.37. The minimum absolute atomic E-state index is 1.28. The maximum atomic E-state index is 2.53. The average molecular weight is 533 g/mol. The van der Waals surface area contributed by atoms with Gasteiger partial charge in [0.25, 0.3) is 0 Å². The van der Waals surface area contributed by atoms with Crippen LogP contribution in [-0.2, 0) is 0 Å². The van der Waals surface area contributed by atoms with Crippen molar-refractivity contribution in [3.8, 4) is 22.3 Å². The summed E-state index contributed by atoms with van der Waals surface area (Å²) in [6.45, 7) is 0. The van der Waals surface area contributed by atoms with Gasteiger partial charge >= 0.3 is 224 Å².